The number of rotatable bonds is 3. The molecule has 0 aromatic heterocycles. The second-order valence-electron chi connectivity index (χ2n) is 6.15. The van der Waals surface area contributed by atoms with Crippen LogP contribution in [0, 0.1) is 0 Å². The van der Waals surface area contributed by atoms with Gasteiger partial charge in [0.05, 0.1) is 18.7 Å². The topological polar surface area (TPSA) is 36.9 Å². The van der Waals surface area contributed by atoms with Crippen LogP contribution in [0.1, 0.15) is 37.0 Å². The summed E-state index contributed by atoms with van der Waals surface area (Å²) in [6.07, 6.45) is -2.44. The summed E-state index contributed by atoms with van der Waals surface area (Å²) in [5.74, 6) is 0.834. The fourth-order valence-corrected chi connectivity index (χ4v) is 2.76. The number of aliphatic imine (C=N–C) groups is 1. The minimum atomic E-state index is -4.34. The number of hydrogen-bond donors (Lipinski definition) is 1. The quantitative estimate of drug-likeness (QED) is 0.416. The van der Waals surface area contributed by atoms with E-state index in [1.165, 1.54) is 12.1 Å². The van der Waals surface area contributed by atoms with Crippen molar-refractivity contribution in [3.05, 3.63) is 35.4 Å². The normalized spacial score (nSPS) is 21.7. The molecule has 8 heteroatoms. The lowest BCUT2D eigenvalue weighted by Crippen LogP contribution is -2.48. The first-order valence-corrected chi connectivity index (χ1v) is 8.32. The van der Waals surface area contributed by atoms with E-state index in [-0.39, 0.29) is 30.1 Å². The predicted molar refractivity (Wildman–Crippen MR) is 101 cm³/mol. The molecule has 1 saturated heterocycles. The van der Waals surface area contributed by atoms with E-state index in [1.54, 1.807) is 6.07 Å². The number of alkyl halides is 3. The Morgan fingerprint density at radius 3 is 2.76 bits per heavy atom. The van der Waals surface area contributed by atoms with Crippen molar-refractivity contribution < 1.29 is 17.9 Å². The number of halogens is 4. The summed E-state index contributed by atoms with van der Waals surface area (Å²) in [6.45, 7) is 4.30. The lowest BCUT2D eigenvalue weighted by Gasteiger charge is -2.35. The number of morpholine rings is 1. The minimum Gasteiger partial charge on any atom is -0.370 e. The van der Waals surface area contributed by atoms with Crippen LogP contribution in [-0.4, -0.2) is 43.1 Å². The van der Waals surface area contributed by atoms with Gasteiger partial charge in [-0.25, -0.2) is 0 Å². The van der Waals surface area contributed by atoms with Gasteiger partial charge in [-0.05, 0) is 37.5 Å². The zero-order valence-corrected chi connectivity index (χ0v) is 16.4. The Morgan fingerprint density at radius 1 is 1.36 bits per heavy atom. The summed E-state index contributed by atoms with van der Waals surface area (Å²) in [6, 6.07) is 5.87. The van der Waals surface area contributed by atoms with Crippen LogP contribution in [0.5, 0.6) is 0 Å². The van der Waals surface area contributed by atoms with Crippen molar-refractivity contribution in [2.24, 2.45) is 4.99 Å². The molecule has 2 aliphatic rings. The van der Waals surface area contributed by atoms with E-state index in [9.17, 15) is 13.2 Å². The number of nitrogens with zero attached hydrogens (tertiary/aromatic N) is 2. The summed E-state index contributed by atoms with van der Waals surface area (Å²) in [5, 5.41) is 3.41. The molecule has 1 aromatic carbocycles. The van der Waals surface area contributed by atoms with Crippen molar-refractivity contribution in [2.75, 3.05) is 26.2 Å². The fourth-order valence-electron chi connectivity index (χ4n) is 2.76. The summed E-state index contributed by atoms with van der Waals surface area (Å²) >= 11 is 0. The van der Waals surface area contributed by atoms with Crippen LogP contribution < -0.4 is 5.32 Å². The molecule has 3 rings (SSSR count). The van der Waals surface area contributed by atoms with Crippen LogP contribution in [0.3, 0.4) is 0 Å². The lowest BCUT2D eigenvalue weighted by atomic mass is 10.0. The summed E-state index contributed by atoms with van der Waals surface area (Å²) < 4.78 is 44.5. The highest BCUT2D eigenvalue weighted by Gasteiger charge is 2.32. The van der Waals surface area contributed by atoms with Crippen molar-refractivity contribution in [2.45, 2.75) is 38.1 Å². The molecule has 4 nitrogen and oxygen atoms in total. The average Bonchev–Trinajstić information content (AvgIpc) is 3.38. The second kappa shape index (κ2) is 8.57. The third-order valence-electron chi connectivity index (χ3n) is 4.17. The van der Waals surface area contributed by atoms with Gasteiger partial charge in [0.15, 0.2) is 5.96 Å². The van der Waals surface area contributed by atoms with Gasteiger partial charge in [0, 0.05) is 19.1 Å². The molecular weight excluding hydrogens is 446 g/mol. The zero-order chi connectivity index (χ0) is 17.2. The van der Waals surface area contributed by atoms with Crippen LogP contribution >= 0.6 is 24.0 Å². The van der Waals surface area contributed by atoms with Gasteiger partial charge in [0.1, 0.15) is 6.10 Å². The molecule has 0 bridgehead atoms. The second-order valence-corrected chi connectivity index (χ2v) is 6.15. The summed E-state index contributed by atoms with van der Waals surface area (Å²) in [4.78, 5) is 6.59. The third kappa shape index (κ3) is 5.47. The van der Waals surface area contributed by atoms with E-state index in [1.807, 2.05) is 6.92 Å². The first kappa shape index (κ1) is 20.3. The molecule has 0 radical (unpaired) electrons. The van der Waals surface area contributed by atoms with Crippen molar-refractivity contribution in [3.63, 3.8) is 0 Å². The fraction of sp³-hybridized carbons (Fsp3) is 0.588. The number of benzene rings is 1. The lowest BCUT2D eigenvalue weighted by molar-refractivity contribution is -0.137. The van der Waals surface area contributed by atoms with Gasteiger partial charge >= 0.3 is 6.18 Å². The first-order chi connectivity index (χ1) is 11.5. The number of guanidine groups is 1. The predicted octanol–water partition coefficient (Wildman–Crippen LogP) is 3.82. The van der Waals surface area contributed by atoms with Crippen LogP contribution in [-0.2, 0) is 10.9 Å². The van der Waals surface area contributed by atoms with Gasteiger partial charge in [0.2, 0.25) is 0 Å². The van der Waals surface area contributed by atoms with Crippen LogP contribution in [0.15, 0.2) is 29.3 Å². The van der Waals surface area contributed by atoms with Gasteiger partial charge < -0.3 is 15.0 Å². The Kier molecular flexibility index (Phi) is 6.95. The van der Waals surface area contributed by atoms with Crippen molar-refractivity contribution in [3.8, 4) is 0 Å². The Morgan fingerprint density at radius 2 is 2.12 bits per heavy atom. The molecular formula is C17H23F3IN3O. The molecule has 25 heavy (non-hydrogen) atoms. The first-order valence-electron chi connectivity index (χ1n) is 8.32. The van der Waals surface area contributed by atoms with Crippen LogP contribution in [0.4, 0.5) is 13.2 Å². The summed E-state index contributed by atoms with van der Waals surface area (Å²) in [5.41, 5.74) is -0.0870. The molecule has 1 atom stereocenters. The van der Waals surface area contributed by atoms with Gasteiger partial charge in [-0.1, -0.05) is 12.1 Å². The molecule has 1 aliphatic carbocycles. The number of hydrogen-bond acceptors (Lipinski definition) is 2. The van der Waals surface area contributed by atoms with Crippen LogP contribution in [0.25, 0.3) is 0 Å². The standard InChI is InChI=1S/C17H22F3N3O.HI/c1-2-21-16(22-14-6-7-14)23-8-9-24-15(11-23)12-4-3-5-13(10-12)17(18,19)20;/h3-5,10,14-15H,2,6-9,11H2,1H3,(H,21,22);1H. The summed E-state index contributed by atoms with van der Waals surface area (Å²) in [7, 11) is 0. The minimum absolute atomic E-state index is 0. The molecule has 1 saturated carbocycles. The molecule has 1 heterocycles. The molecule has 2 fully saturated rings. The molecule has 0 spiro atoms. The molecule has 1 N–H and O–H groups in total. The molecule has 1 unspecified atom stereocenters. The third-order valence-corrected chi connectivity index (χ3v) is 4.17. The smallest absolute Gasteiger partial charge is 0.370 e. The molecule has 0 amide bonds. The highest BCUT2D eigenvalue weighted by atomic mass is 127. The largest absolute Gasteiger partial charge is 0.416 e. The van der Waals surface area contributed by atoms with E-state index >= 15 is 0 Å². The SMILES string of the molecule is CCN=C(NC1CC1)N1CCOC(c2cccc(C(F)(F)F)c2)C1.I. The molecule has 1 aliphatic heterocycles. The Bertz CT molecular complexity index is 605. The Balaban J connectivity index is 0.00000225. The monoisotopic (exact) mass is 469 g/mol. The van der Waals surface area contributed by atoms with Crippen molar-refractivity contribution in [1.29, 1.82) is 0 Å². The van der Waals surface area contributed by atoms with Gasteiger partial charge in [0.25, 0.3) is 0 Å². The van der Waals surface area contributed by atoms with E-state index in [0.29, 0.717) is 37.8 Å². The highest BCUT2D eigenvalue weighted by molar-refractivity contribution is 14.0. The molecule has 140 valence electrons. The zero-order valence-electron chi connectivity index (χ0n) is 14.1. The van der Waals surface area contributed by atoms with E-state index < -0.39 is 11.7 Å². The van der Waals surface area contributed by atoms with Gasteiger partial charge in [-0.2, -0.15) is 13.2 Å². The number of nitrogens with one attached hydrogen (secondary N) is 1. The highest BCUT2D eigenvalue weighted by Crippen LogP contribution is 2.32. The number of ether oxygens (including phenoxy) is 1. The van der Waals surface area contributed by atoms with Crippen molar-refractivity contribution >= 4 is 29.9 Å². The van der Waals surface area contributed by atoms with E-state index in [0.717, 1.165) is 24.9 Å². The van der Waals surface area contributed by atoms with Crippen molar-refractivity contribution in [1.82, 2.24) is 10.2 Å². The van der Waals surface area contributed by atoms with E-state index in [2.05, 4.69) is 15.2 Å². The van der Waals surface area contributed by atoms with E-state index in [4.69, 9.17) is 4.74 Å². The Labute approximate surface area is 162 Å². The maximum atomic E-state index is 12.9. The Hall–Kier alpha value is -1.03. The van der Waals surface area contributed by atoms with Crippen LogP contribution in [0.2, 0.25) is 0 Å². The average molecular weight is 469 g/mol. The maximum absolute atomic E-state index is 12.9. The molecule has 1 aromatic rings. The maximum Gasteiger partial charge on any atom is 0.416 e. The van der Waals surface area contributed by atoms with Gasteiger partial charge in [-0.15, -0.1) is 24.0 Å². The van der Waals surface area contributed by atoms with Gasteiger partial charge in [-0.3, -0.25) is 4.99 Å².